The van der Waals surface area contributed by atoms with Gasteiger partial charge in [0, 0.05) is 36.1 Å². The largest absolute Gasteiger partial charge is 0.488 e. The summed E-state index contributed by atoms with van der Waals surface area (Å²) in [6.45, 7) is 3.88. The van der Waals surface area contributed by atoms with Crippen molar-refractivity contribution >= 4 is 23.5 Å². The zero-order valence-electron chi connectivity index (χ0n) is 25.2. The first kappa shape index (κ1) is 32.6. The fourth-order valence-corrected chi connectivity index (χ4v) is 5.05. The van der Waals surface area contributed by atoms with Crippen molar-refractivity contribution in [2.24, 2.45) is 0 Å². The number of hydrogen-bond acceptors (Lipinski definition) is 9. The molecule has 0 saturated heterocycles. The zero-order chi connectivity index (χ0) is 32.8. The predicted octanol–water partition coefficient (Wildman–Crippen LogP) is 5.26. The molecule has 1 aliphatic rings. The van der Waals surface area contributed by atoms with Crippen LogP contribution in [-0.2, 0) is 24.6 Å². The van der Waals surface area contributed by atoms with Crippen molar-refractivity contribution in [2.75, 3.05) is 19.8 Å². The molecule has 0 amide bonds. The molecule has 1 atom stereocenters. The number of fused-ring (bicyclic) bond motifs is 1. The first-order chi connectivity index (χ1) is 22.1. The van der Waals surface area contributed by atoms with E-state index in [1.165, 1.54) is 25.4 Å². The van der Waals surface area contributed by atoms with Crippen molar-refractivity contribution in [2.45, 2.75) is 39.1 Å². The lowest BCUT2D eigenvalue weighted by Gasteiger charge is -2.25. The molecule has 0 radical (unpaired) electrons. The summed E-state index contributed by atoms with van der Waals surface area (Å²) in [4.78, 5) is 27.1. The molecule has 1 aliphatic heterocycles. The zero-order valence-corrected chi connectivity index (χ0v) is 26.0. The molecule has 0 fully saturated rings. The Labute approximate surface area is 270 Å². The number of pyridine rings is 1. The minimum Gasteiger partial charge on any atom is -0.488 e. The average molecular weight is 649 g/mol. The lowest BCUT2D eigenvalue weighted by Crippen LogP contribution is -2.52. The quantitative estimate of drug-likeness (QED) is 0.150. The highest BCUT2D eigenvalue weighted by molar-refractivity contribution is 6.32. The SMILES string of the molecule is Cc1c(COc2cc(OCc3cncc(C(=O)O)c3)c(CN[C@@](C)(CO)C(=O)O)cc2Cl)cccc1-c1ccc2c(c1)OCCO2. The summed E-state index contributed by atoms with van der Waals surface area (Å²) >= 11 is 6.65. The van der Waals surface area contributed by atoms with Gasteiger partial charge in [-0.2, -0.15) is 0 Å². The van der Waals surface area contributed by atoms with Crippen LogP contribution in [0.5, 0.6) is 23.0 Å². The molecular weight excluding hydrogens is 616 g/mol. The number of carboxylic acid groups (broad SMARTS) is 2. The van der Waals surface area contributed by atoms with Crippen LogP contribution >= 0.6 is 11.6 Å². The van der Waals surface area contributed by atoms with Gasteiger partial charge in [0.05, 0.1) is 17.2 Å². The van der Waals surface area contributed by atoms with Gasteiger partial charge in [-0.3, -0.25) is 15.1 Å². The molecule has 12 heteroatoms. The van der Waals surface area contributed by atoms with Gasteiger partial charge in [-0.25, -0.2) is 4.79 Å². The Bertz CT molecular complexity index is 1760. The highest BCUT2D eigenvalue weighted by Gasteiger charge is 2.32. The van der Waals surface area contributed by atoms with Gasteiger partial charge in [0.1, 0.15) is 43.5 Å². The Kier molecular flexibility index (Phi) is 9.96. The molecule has 4 aromatic rings. The maximum absolute atomic E-state index is 11.7. The minimum absolute atomic E-state index is 0.0111. The molecule has 0 bridgehead atoms. The van der Waals surface area contributed by atoms with E-state index < -0.39 is 24.1 Å². The van der Waals surface area contributed by atoms with Crippen LogP contribution in [0.4, 0.5) is 0 Å². The number of hydrogen-bond donors (Lipinski definition) is 4. The summed E-state index contributed by atoms with van der Waals surface area (Å²) in [7, 11) is 0. The number of ether oxygens (including phenoxy) is 4. The summed E-state index contributed by atoms with van der Waals surface area (Å²) in [5.74, 6) is -0.286. The van der Waals surface area contributed by atoms with E-state index in [2.05, 4.69) is 10.3 Å². The molecule has 0 saturated carbocycles. The van der Waals surface area contributed by atoms with Crippen molar-refractivity contribution in [3.8, 4) is 34.1 Å². The van der Waals surface area contributed by atoms with Gasteiger partial charge >= 0.3 is 11.9 Å². The summed E-state index contributed by atoms with van der Waals surface area (Å²) in [5.41, 5.74) is 3.33. The first-order valence-corrected chi connectivity index (χ1v) is 14.8. The Balaban J connectivity index is 1.39. The van der Waals surface area contributed by atoms with Crippen molar-refractivity contribution < 1.29 is 43.9 Å². The van der Waals surface area contributed by atoms with E-state index in [1.807, 2.05) is 43.3 Å². The van der Waals surface area contributed by atoms with E-state index in [1.54, 1.807) is 12.1 Å². The number of aromatic nitrogens is 1. The van der Waals surface area contributed by atoms with E-state index in [-0.39, 0.29) is 30.3 Å². The van der Waals surface area contributed by atoms with Gasteiger partial charge in [-0.05, 0) is 60.4 Å². The second kappa shape index (κ2) is 14.1. The standard InChI is InChI=1S/C34H33ClN2O9/c1-20-23(4-3-5-26(20)22-6-7-28-31(12-22)44-9-8-43-28)18-46-30-13-29(45-17-21-10-25(32(39)40)15-36-14-21)24(11-27(30)35)16-37-34(2,19-38)33(41)42/h3-7,10-15,37-38H,8-9,16-19H2,1-2H3,(H,39,40)(H,41,42)/t34-/m0/s1. The van der Waals surface area contributed by atoms with E-state index in [9.17, 15) is 24.9 Å². The Hall–Kier alpha value is -4.84. The number of carbonyl (C=O) groups is 2. The monoisotopic (exact) mass is 648 g/mol. The molecule has 2 heterocycles. The molecule has 240 valence electrons. The fourth-order valence-electron chi connectivity index (χ4n) is 4.81. The van der Waals surface area contributed by atoms with Crippen LogP contribution in [-0.4, -0.2) is 57.6 Å². The van der Waals surface area contributed by atoms with Gasteiger partial charge < -0.3 is 34.3 Å². The Morgan fingerprint density at radius 2 is 1.72 bits per heavy atom. The lowest BCUT2D eigenvalue weighted by atomic mass is 9.96. The van der Waals surface area contributed by atoms with Crippen LogP contribution in [0.15, 0.2) is 67.0 Å². The maximum atomic E-state index is 11.7. The van der Waals surface area contributed by atoms with E-state index in [0.29, 0.717) is 47.3 Å². The molecule has 5 rings (SSSR count). The summed E-state index contributed by atoms with van der Waals surface area (Å²) in [5, 5.41) is 31.7. The first-order valence-electron chi connectivity index (χ1n) is 14.4. The van der Waals surface area contributed by atoms with E-state index in [0.717, 1.165) is 22.3 Å². The average Bonchev–Trinajstić information content (AvgIpc) is 3.06. The maximum Gasteiger partial charge on any atom is 0.337 e. The number of aliphatic carboxylic acids is 1. The number of aromatic carboxylic acids is 1. The van der Waals surface area contributed by atoms with Crippen LogP contribution in [0.2, 0.25) is 5.02 Å². The predicted molar refractivity (Wildman–Crippen MR) is 169 cm³/mol. The van der Waals surface area contributed by atoms with Crippen molar-refractivity contribution in [3.05, 3.63) is 99.8 Å². The molecule has 1 aromatic heterocycles. The van der Waals surface area contributed by atoms with Crippen LogP contribution < -0.4 is 24.3 Å². The fraction of sp³-hybridized carbons (Fsp3) is 0.265. The van der Waals surface area contributed by atoms with E-state index >= 15 is 0 Å². The third-order valence-electron chi connectivity index (χ3n) is 7.69. The van der Waals surface area contributed by atoms with Crippen LogP contribution in [0, 0.1) is 6.92 Å². The van der Waals surface area contributed by atoms with Crippen molar-refractivity contribution in [1.29, 1.82) is 0 Å². The highest BCUT2D eigenvalue weighted by atomic mass is 35.5. The molecule has 3 aromatic carbocycles. The molecule has 0 aliphatic carbocycles. The number of benzene rings is 3. The van der Waals surface area contributed by atoms with Gasteiger partial charge in [0.15, 0.2) is 11.5 Å². The van der Waals surface area contributed by atoms with Crippen LogP contribution in [0.3, 0.4) is 0 Å². The molecule has 4 N–H and O–H groups in total. The van der Waals surface area contributed by atoms with Crippen molar-refractivity contribution in [3.63, 3.8) is 0 Å². The van der Waals surface area contributed by atoms with Crippen molar-refractivity contribution in [1.82, 2.24) is 10.3 Å². The van der Waals surface area contributed by atoms with E-state index in [4.69, 9.17) is 30.5 Å². The third-order valence-corrected chi connectivity index (χ3v) is 7.99. The normalized spacial score (nSPS) is 13.5. The number of aliphatic hydroxyl groups excluding tert-OH is 1. The molecular formula is C34H33ClN2O9. The molecule has 11 nitrogen and oxygen atoms in total. The summed E-state index contributed by atoms with van der Waals surface area (Å²) in [6.07, 6.45) is 2.73. The van der Waals surface area contributed by atoms with Gasteiger partial charge in [0.25, 0.3) is 0 Å². The second-order valence-electron chi connectivity index (χ2n) is 11.0. The smallest absolute Gasteiger partial charge is 0.337 e. The lowest BCUT2D eigenvalue weighted by molar-refractivity contribution is -0.145. The number of aliphatic hydroxyl groups is 1. The summed E-state index contributed by atoms with van der Waals surface area (Å²) in [6, 6.07) is 16.4. The van der Waals surface area contributed by atoms with Crippen LogP contribution in [0.1, 0.15) is 39.5 Å². The van der Waals surface area contributed by atoms with Gasteiger partial charge in [-0.15, -0.1) is 0 Å². The minimum atomic E-state index is -1.61. The Morgan fingerprint density at radius 3 is 2.46 bits per heavy atom. The van der Waals surface area contributed by atoms with Gasteiger partial charge in [-0.1, -0.05) is 35.9 Å². The number of rotatable bonds is 13. The number of carboxylic acids is 2. The summed E-state index contributed by atoms with van der Waals surface area (Å²) < 4.78 is 23.7. The Morgan fingerprint density at radius 1 is 0.957 bits per heavy atom. The third kappa shape index (κ3) is 7.34. The second-order valence-corrected chi connectivity index (χ2v) is 11.4. The number of nitrogens with one attached hydrogen (secondary N) is 1. The topological polar surface area (TPSA) is 157 Å². The number of nitrogens with zero attached hydrogens (tertiary/aromatic N) is 1. The molecule has 0 spiro atoms. The molecule has 0 unspecified atom stereocenters. The van der Waals surface area contributed by atoms with Crippen LogP contribution in [0.25, 0.3) is 11.1 Å². The number of halogens is 1. The highest BCUT2D eigenvalue weighted by Crippen LogP contribution is 2.37. The molecule has 46 heavy (non-hydrogen) atoms. The van der Waals surface area contributed by atoms with Gasteiger partial charge in [0.2, 0.25) is 0 Å².